The van der Waals surface area contributed by atoms with Crippen molar-refractivity contribution >= 4 is 29.9 Å². The Labute approximate surface area is 43.2 Å². The molecule has 0 amide bonds. The molecule has 0 spiro atoms. The van der Waals surface area contributed by atoms with E-state index in [0.29, 0.717) is 0 Å². The molecule has 0 aromatic rings. The van der Waals surface area contributed by atoms with Gasteiger partial charge in [-0.1, -0.05) is 0 Å². The van der Waals surface area contributed by atoms with Gasteiger partial charge in [0, 0.05) is 0 Å². The average Bonchev–Trinajstić information content (AvgIpc) is 1.65. The molecule has 0 aromatic heterocycles. The third kappa shape index (κ3) is 2.64. The van der Waals surface area contributed by atoms with Crippen LogP contribution in [0.5, 0.6) is 0 Å². The molecule has 28 valence electrons. The summed E-state index contributed by atoms with van der Waals surface area (Å²) in [5, 5.41) is 0. The van der Waals surface area contributed by atoms with Crippen LogP contribution in [0.15, 0.2) is 0 Å². The summed E-state index contributed by atoms with van der Waals surface area (Å²) in [4.78, 5) is 0. The monoisotopic (exact) mass is 94.0 g/mol. The molecule has 0 aliphatic rings. The van der Waals surface area contributed by atoms with Crippen LogP contribution in [-0.4, -0.2) is 26.1 Å². The molecule has 0 saturated carbocycles. The molecule has 0 bridgehead atoms. The molecule has 0 nitrogen and oxygen atoms in total. The zero-order chi connectivity index (χ0) is 4.99. The van der Waals surface area contributed by atoms with Crippen LogP contribution < -0.4 is 0 Å². The molecule has 4 heteroatoms. The van der Waals surface area contributed by atoms with Gasteiger partial charge >= 0.3 is 42.5 Å². The Balaban J connectivity index is 3.66. The predicted molar refractivity (Wildman–Crippen MR) is 35.4 cm³/mol. The van der Waals surface area contributed by atoms with Crippen molar-refractivity contribution in [2.24, 2.45) is 0 Å². The van der Waals surface area contributed by atoms with Crippen molar-refractivity contribution < 1.29 is 0 Å². The van der Waals surface area contributed by atoms with E-state index < -0.39 is 0 Å². The van der Waals surface area contributed by atoms with Crippen LogP contribution >= 0.6 is 9.56 Å². The first kappa shape index (κ1) is 6.41. The molecular formula is C2H5B3S. The van der Waals surface area contributed by atoms with Crippen molar-refractivity contribution in [3.05, 3.63) is 0 Å². The van der Waals surface area contributed by atoms with Gasteiger partial charge in [-0.15, -0.1) is 0 Å². The fourth-order valence-electron chi connectivity index (χ4n) is 0.0962. The average molecular weight is 93.6 g/mol. The van der Waals surface area contributed by atoms with E-state index in [9.17, 15) is 0 Å². The number of hydrogen-bond donors (Lipinski definition) is 0. The minimum atomic E-state index is -0.131. The third-order valence-corrected chi connectivity index (χ3v) is 1.52. The van der Waals surface area contributed by atoms with E-state index in [1.807, 2.05) is 6.92 Å². The van der Waals surface area contributed by atoms with Crippen molar-refractivity contribution in [2.75, 3.05) is 5.75 Å². The maximum atomic E-state index is 5.32. The van der Waals surface area contributed by atoms with Gasteiger partial charge in [-0.25, -0.2) is 0 Å². The van der Waals surface area contributed by atoms with Gasteiger partial charge in [0.25, 0.3) is 0 Å². The van der Waals surface area contributed by atoms with E-state index in [1.54, 1.807) is 0 Å². The SMILES string of the molecule is [B]B=S(#B)CC. The minimum absolute atomic E-state index is 0.131. The standard InChI is InChI=1S/C2H5B3S/c1-2-6(4)5-3/h2H2,1H3. The summed E-state index contributed by atoms with van der Waals surface area (Å²) in [6, 6.07) is 1.53. The van der Waals surface area contributed by atoms with Crippen LogP contribution in [0, 0.1) is 0 Å². The second-order valence-electron chi connectivity index (χ2n) is 0.894. The topological polar surface area (TPSA) is 0 Å². The van der Waals surface area contributed by atoms with Crippen molar-refractivity contribution in [1.82, 2.24) is 0 Å². The van der Waals surface area contributed by atoms with E-state index >= 15 is 0 Å². The molecule has 0 fully saturated rings. The summed E-state index contributed by atoms with van der Waals surface area (Å²) in [5.41, 5.74) is 0. The summed E-state index contributed by atoms with van der Waals surface area (Å²) in [6.45, 7) is 7.33. The molecule has 0 aliphatic heterocycles. The fraction of sp³-hybridized carbons (Fsp3) is 1.00. The van der Waals surface area contributed by atoms with E-state index in [-0.39, 0.29) is 9.56 Å². The van der Waals surface area contributed by atoms with Crippen molar-refractivity contribution in [2.45, 2.75) is 6.92 Å². The fourth-order valence-corrected chi connectivity index (χ4v) is 0.289. The molecule has 0 heterocycles. The van der Waals surface area contributed by atoms with Crippen LogP contribution in [0.4, 0.5) is 0 Å². The first-order valence-corrected chi connectivity index (χ1v) is 3.32. The van der Waals surface area contributed by atoms with Crippen LogP contribution in [0.1, 0.15) is 6.92 Å². The summed E-state index contributed by atoms with van der Waals surface area (Å²) in [6.07, 6.45) is 0. The Morgan fingerprint density at radius 1 is 1.83 bits per heavy atom. The quantitative estimate of drug-likeness (QED) is 0.372. The molecular weight excluding hydrogens is 88.5 g/mol. The van der Waals surface area contributed by atoms with Gasteiger partial charge in [0.2, 0.25) is 0 Å². The molecule has 2 radical (unpaired) electrons. The summed E-state index contributed by atoms with van der Waals surface area (Å²) in [5.74, 6) is 0.955. The Hall–Kier alpha value is 0.415. The first-order valence-electron chi connectivity index (χ1n) is 1.80. The Kier molecular flexibility index (Phi) is 3.85. The molecule has 0 N–H and O–H groups in total. The second-order valence-corrected chi connectivity index (χ2v) is 2.68. The summed E-state index contributed by atoms with van der Waals surface area (Å²) in [7, 11) is 4.91. The molecule has 0 saturated heterocycles. The van der Waals surface area contributed by atoms with E-state index in [4.69, 9.17) is 14.3 Å². The van der Waals surface area contributed by atoms with E-state index in [0.717, 1.165) is 5.75 Å². The molecule has 0 unspecified atom stereocenters. The Morgan fingerprint density at radius 2 is 2.33 bits per heavy atom. The van der Waals surface area contributed by atoms with Gasteiger partial charge < -0.3 is 0 Å². The van der Waals surface area contributed by atoms with Crippen LogP contribution in [0.25, 0.3) is 0 Å². The van der Waals surface area contributed by atoms with Gasteiger partial charge in [-0.3, -0.25) is 0 Å². The Bertz CT molecular complexity index is 130. The van der Waals surface area contributed by atoms with Crippen molar-refractivity contribution in [1.29, 1.82) is 0 Å². The molecule has 0 aliphatic carbocycles. The van der Waals surface area contributed by atoms with Gasteiger partial charge in [-0.2, -0.15) is 0 Å². The zero-order valence-electron chi connectivity index (χ0n) is 3.85. The van der Waals surface area contributed by atoms with Crippen LogP contribution in [-0.2, 0) is 0 Å². The van der Waals surface area contributed by atoms with Crippen molar-refractivity contribution in [3.63, 3.8) is 0 Å². The first-order chi connectivity index (χ1) is 2.81. The van der Waals surface area contributed by atoms with Gasteiger partial charge in [0.1, 0.15) is 0 Å². The van der Waals surface area contributed by atoms with Crippen LogP contribution in [0.2, 0.25) is 0 Å². The molecule has 0 aromatic carbocycles. The van der Waals surface area contributed by atoms with Crippen LogP contribution in [0.3, 0.4) is 0 Å². The Morgan fingerprint density at radius 3 is 2.33 bits per heavy atom. The third-order valence-electron chi connectivity index (χ3n) is 0.508. The van der Waals surface area contributed by atoms with Gasteiger partial charge in [0.05, 0.1) is 0 Å². The van der Waals surface area contributed by atoms with Gasteiger partial charge in [-0.05, 0) is 0 Å². The van der Waals surface area contributed by atoms with Crippen molar-refractivity contribution in [3.8, 4) is 0 Å². The number of hydrogen-bond acceptors (Lipinski definition) is 0. The summed E-state index contributed by atoms with van der Waals surface area (Å²) < 4.78 is 0. The number of rotatable bonds is 0. The maximum absolute atomic E-state index is 5.32. The summed E-state index contributed by atoms with van der Waals surface area (Å²) >= 11 is 0. The molecule has 0 atom stereocenters. The molecule has 6 heavy (non-hydrogen) atoms. The second kappa shape index (κ2) is 3.60. The van der Waals surface area contributed by atoms with E-state index in [1.165, 1.54) is 6.05 Å². The normalized spacial score (nSPS) is 10.8. The predicted octanol–water partition coefficient (Wildman–Crippen LogP) is 0.0614. The molecule has 0 rings (SSSR count). The zero-order valence-corrected chi connectivity index (χ0v) is 4.66. The van der Waals surface area contributed by atoms with Gasteiger partial charge in [0.15, 0.2) is 0 Å². The van der Waals surface area contributed by atoms with E-state index in [2.05, 4.69) is 0 Å².